The summed E-state index contributed by atoms with van der Waals surface area (Å²) in [5.41, 5.74) is 0.367. The van der Waals surface area contributed by atoms with E-state index in [0.29, 0.717) is 35.7 Å². The summed E-state index contributed by atoms with van der Waals surface area (Å²) in [5.74, 6) is 0.602. The van der Waals surface area contributed by atoms with E-state index in [2.05, 4.69) is 53.4 Å². The van der Waals surface area contributed by atoms with Gasteiger partial charge in [-0.15, -0.1) is 6.42 Å². The minimum absolute atomic E-state index is 0.0261. The molecule has 0 aromatic heterocycles. The largest absolute Gasteiger partial charge is 0.469 e. The lowest BCUT2D eigenvalue weighted by Crippen LogP contribution is -2.32. The standard InChI is InChI=1S/C10H14O2.C9H12O2.C6H8O2.C5H5NO2.C4H5FO2.C4H4O2/c1-10(9(11)12-2)6-7-3-4-8(10)5-7;1-11-9(10)8-5-6-2-3-7(8)4-6;1-4-3-5(2)8-6(4)7;1-6-4(7)2-3-5(6)8;1-3(5)4(6)7-2;1-3-4(5)6-2/h3-4,7-8H,5-6H2,1-2H3;2-3,6-8H,4-5H2,1H3;5H,1,3H2,2H3;2-3H,1H3;1H2,2H3;1H,2H3. The molecule has 4 bridgehead atoms. The quantitative estimate of drug-likeness (QED) is 0.0780. The van der Waals surface area contributed by atoms with Gasteiger partial charge in [-0.1, -0.05) is 37.5 Å². The molecule has 52 heavy (non-hydrogen) atoms. The fraction of sp³-hybridized carbons (Fsp3) is 0.500. The normalized spacial score (nSPS) is 27.3. The molecule has 13 nitrogen and oxygen atoms in total. The number of fused-ring (bicyclic) bond motifs is 4. The third-order valence-electron chi connectivity index (χ3n) is 8.98. The van der Waals surface area contributed by atoms with Crippen LogP contribution in [0.5, 0.6) is 0 Å². The molecule has 0 aromatic rings. The Hall–Kier alpha value is -5.32. The van der Waals surface area contributed by atoms with Gasteiger partial charge in [0.05, 0.1) is 39.8 Å². The van der Waals surface area contributed by atoms with Gasteiger partial charge in [-0.3, -0.25) is 24.1 Å². The van der Waals surface area contributed by atoms with Crippen LogP contribution >= 0.6 is 0 Å². The zero-order valence-electron chi connectivity index (χ0n) is 30.7. The zero-order valence-corrected chi connectivity index (χ0v) is 30.7. The number of esters is 5. The highest BCUT2D eigenvalue weighted by molar-refractivity contribution is 6.12. The molecule has 7 unspecified atom stereocenters. The van der Waals surface area contributed by atoms with E-state index in [1.54, 1.807) is 5.92 Å². The molecule has 14 heteroatoms. The molecule has 3 fully saturated rings. The highest BCUT2D eigenvalue weighted by Crippen LogP contribution is 2.52. The molecule has 0 radical (unpaired) electrons. The van der Waals surface area contributed by atoms with Crippen LogP contribution in [-0.4, -0.2) is 88.2 Å². The lowest BCUT2D eigenvalue weighted by Gasteiger charge is -2.27. The first-order chi connectivity index (χ1) is 24.4. The van der Waals surface area contributed by atoms with Crippen LogP contribution in [0.15, 0.2) is 61.0 Å². The number of likely N-dealkylation sites (N-methyl/N-ethyl adjacent to an activating group) is 1. The van der Waals surface area contributed by atoms with E-state index in [9.17, 15) is 38.0 Å². The van der Waals surface area contributed by atoms with E-state index in [4.69, 9.17) is 14.2 Å². The Morgan fingerprint density at radius 3 is 1.75 bits per heavy atom. The van der Waals surface area contributed by atoms with Crippen molar-refractivity contribution >= 4 is 41.7 Å². The maximum Gasteiger partial charge on any atom is 0.383 e. The fourth-order valence-corrected chi connectivity index (χ4v) is 6.15. The molecule has 2 amide bonds. The van der Waals surface area contributed by atoms with Crippen molar-refractivity contribution in [1.29, 1.82) is 0 Å². The summed E-state index contributed by atoms with van der Waals surface area (Å²) in [5, 5.41) is 0. The fourth-order valence-electron chi connectivity index (χ4n) is 6.15. The van der Waals surface area contributed by atoms with Crippen molar-refractivity contribution in [2.45, 2.75) is 52.1 Å². The van der Waals surface area contributed by atoms with Gasteiger partial charge in [-0.2, -0.15) is 4.39 Å². The number of terminal acetylenes is 1. The zero-order chi connectivity index (χ0) is 39.8. The minimum Gasteiger partial charge on any atom is -0.469 e. The predicted octanol–water partition coefficient (Wildman–Crippen LogP) is 3.99. The second-order valence-corrected chi connectivity index (χ2v) is 12.6. The molecule has 2 saturated carbocycles. The van der Waals surface area contributed by atoms with Gasteiger partial charge in [-0.25, -0.2) is 14.4 Å². The van der Waals surface area contributed by atoms with E-state index >= 15 is 0 Å². The van der Waals surface area contributed by atoms with E-state index in [-0.39, 0.29) is 47.2 Å². The van der Waals surface area contributed by atoms with Crippen LogP contribution < -0.4 is 0 Å². The summed E-state index contributed by atoms with van der Waals surface area (Å²) in [7, 11) is 6.72. The van der Waals surface area contributed by atoms with E-state index in [0.717, 1.165) is 31.3 Å². The highest BCUT2D eigenvalue weighted by atomic mass is 19.1. The summed E-state index contributed by atoms with van der Waals surface area (Å²) in [6, 6.07) is 0. The Kier molecular flexibility index (Phi) is 18.2. The smallest absolute Gasteiger partial charge is 0.383 e. The summed E-state index contributed by atoms with van der Waals surface area (Å²) >= 11 is 0. The summed E-state index contributed by atoms with van der Waals surface area (Å²) in [6.07, 6.45) is 20.9. The number of hydrogen-bond acceptors (Lipinski definition) is 12. The van der Waals surface area contributed by atoms with Gasteiger partial charge < -0.3 is 23.7 Å². The first-order valence-electron chi connectivity index (χ1n) is 16.3. The number of carbonyl (C=O) groups excluding carboxylic acids is 7. The number of carbonyl (C=O) groups is 7. The maximum absolute atomic E-state index is 11.5. The van der Waals surface area contributed by atoms with Gasteiger partial charge in [0.15, 0.2) is 0 Å². The van der Waals surface area contributed by atoms with Crippen LogP contribution in [0.25, 0.3) is 0 Å². The minimum atomic E-state index is -1.07. The van der Waals surface area contributed by atoms with Gasteiger partial charge >= 0.3 is 29.8 Å². The first-order valence-corrected chi connectivity index (χ1v) is 16.3. The molecular formula is C38H48FNO12. The lowest BCUT2D eigenvalue weighted by molar-refractivity contribution is -0.153. The number of rotatable bonds is 3. The second kappa shape index (κ2) is 21.1. The first kappa shape index (κ1) is 44.7. The second-order valence-electron chi connectivity index (χ2n) is 12.6. The van der Waals surface area contributed by atoms with E-state index < -0.39 is 17.8 Å². The summed E-state index contributed by atoms with van der Waals surface area (Å²) < 4.78 is 33.6. The molecule has 7 atom stereocenters. The molecule has 6 aliphatic rings. The number of cyclic esters (lactones) is 1. The van der Waals surface area contributed by atoms with Gasteiger partial charge in [0.1, 0.15) is 6.10 Å². The monoisotopic (exact) mass is 729 g/mol. The van der Waals surface area contributed by atoms with Crippen LogP contribution in [0.2, 0.25) is 0 Å². The van der Waals surface area contributed by atoms with Crippen LogP contribution in [0.3, 0.4) is 0 Å². The number of imide groups is 1. The molecule has 1 saturated heterocycles. The van der Waals surface area contributed by atoms with Crippen molar-refractivity contribution in [2.24, 2.45) is 35.0 Å². The molecule has 0 spiro atoms. The predicted molar refractivity (Wildman–Crippen MR) is 186 cm³/mol. The molecule has 2 heterocycles. The van der Waals surface area contributed by atoms with Crippen LogP contribution in [0.1, 0.15) is 46.0 Å². The van der Waals surface area contributed by atoms with Crippen molar-refractivity contribution < 1.29 is 61.6 Å². The Morgan fingerprint density at radius 2 is 1.52 bits per heavy atom. The van der Waals surface area contributed by atoms with Gasteiger partial charge in [0.2, 0.25) is 5.83 Å². The van der Waals surface area contributed by atoms with Gasteiger partial charge in [-0.05, 0) is 63.2 Å². The van der Waals surface area contributed by atoms with Crippen molar-refractivity contribution in [3.05, 3.63) is 61.0 Å². The molecule has 6 rings (SSSR count). The van der Waals surface area contributed by atoms with E-state index in [1.807, 2.05) is 13.8 Å². The number of ether oxygens (including phenoxy) is 5. The van der Waals surface area contributed by atoms with Crippen LogP contribution in [0, 0.1) is 47.3 Å². The molecule has 2 aliphatic heterocycles. The topological polar surface area (TPSA) is 169 Å². The SMILES string of the molecule is C#CC(=O)OC.C=C(F)C(=O)OC.C=C1CC(C)OC1=O.CN1C(=O)C=CC1=O.COC(=O)C1(C)CC2C=CC1C2.COC(=O)C1CC2C=CC1C2. The Morgan fingerprint density at radius 1 is 0.923 bits per heavy atom. The Balaban J connectivity index is 0.000000318. The maximum atomic E-state index is 11.5. The highest BCUT2D eigenvalue weighted by Gasteiger charge is 2.50. The Bertz CT molecular complexity index is 1490. The number of amides is 2. The molecule has 284 valence electrons. The third-order valence-corrected chi connectivity index (χ3v) is 8.98. The molecule has 0 aromatic carbocycles. The third kappa shape index (κ3) is 13.1. The molecular weight excluding hydrogens is 681 g/mol. The number of halogens is 1. The number of hydrogen-bond donors (Lipinski definition) is 0. The van der Waals surface area contributed by atoms with Gasteiger partial charge in [0.25, 0.3) is 11.8 Å². The number of allylic oxidation sites excluding steroid dienone is 4. The van der Waals surface area contributed by atoms with E-state index in [1.165, 1.54) is 46.9 Å². The van der Waals surface area contributed by atoms with Crippen LogP contribution in [-0.2, 0) is 57.2 Å². The Labute approximate surface area is 303 Å². The van der Waals surface area contributed by atoms with Crippen molar-refractivity contribution in [2.75, 3.05) is 35.5 Å². The van der Waals surface area contributed by atoms with Crippen molar-refractivity contribution in [3.63, 3.8) is 0 Å². The average molecular weight is 730 g/mol. The average Bonchev–Trinajstić information content (AvgIpc) is 4.01. The number of methoxy groups -OCH3 is 4. The van der Waals surface area contributed by atoms with Crippen LogP contribution in [0.4, 0.5) is 4.39 Å². The summed E-state index contributed by atoms with van der Waals surface area (Å²) in [6.45, 7) is 10.1. The summed E-state index contributed by atoms with van der Waals surface area (Å²) in [4.78, 5) is 74.5. The molecule has 0 N–H and O–H groups in total. The van der Waals surface area contributed by atoms with Crippen molar-refractivity contribution in [1.82, 2.24) is 4.90 Å². The number of nitrogens with zero attached hydrogens (tertiary/aromatic N) is 1. The lowest BCUT2D eigenvalue weighted by atomic mass is 9.78. The van der Waals surface area contributed by atoms with Crippen molar-refractivity contribution in [3.8, 4) is 12.3 Å². The van der Waals surface area contributed by atoms with Gasteiger partial charge in [0, 0.05) is 37.1 Å². The molecule has 4 aliphatic carbocycles.